The molecule has 21 heavy (non-hydrogen) atoms. The van der Waals surface area contributed by atoms with Gasteiger partial charge in [0.2, 0.25) is 0 Å². The van der Waals surface area contributed by atoms with Crippen LogP contribution in [-0.4, -0.2) is 23.6 Å². The molecule has 3 nitrogen and oxygen atoms in total. The van der Waals surface area contributed by atoms with Gasteiger partial charge in [-0.3, -0.25) is 0 Å². The van der Waals surface area contributed by atoms with Crippen molar-refractivity contribution in [2.45, 2.75) is 11.0 Å². The molecule has 2 rings (SSSR count). The minimum Gasteiger partial charge on any atom is -0.491 e. The van der Waals surface area contributed by atoms with Crippen molar-refractivity contribution < 1.29 is 9.84 Å². The van der Waals surface area contributed by atoms with Crippen LogP contribution < -0.4 is 4.74 Å². The molecule has 0 spiro atoms. The third-order valence-corrected chi connectivity index (χ3v) is 4.35. The number of hydrogen-bond acceptors (Lipinski definition) is 4. The number of aliphatic hydroxyl groups is 1. The highest BCUT2D eigenvalue weighted by atomic mass is 35.5. The van der Waals surface area contributed by atoms with Crippen LogP contribution in [0.2, 0.25) is 5.02 Å². The number of aliphatic hydroxyl groups excluding tert-OH is 1. The zero-order valence-corrected chi connectivity index (χ0v) is 12.8. The van der Waals surface area contributed by atoms with E-state index in [-0.39, 0.29) is 6.61 Å². The standard InChI is InChI=1S/C16H14ClNO2S/c17-15-3-1-2-4-16(15)21-11-13(19)10-20-14-7-5-12(9-18)6-8-14/h1-8,13,19H,10-11H2. The lowest BCUT2D eigenvalue weighted by molar-refractivity contribution is 0.126. The summed E-state index contributed by atoms with van der Waals surface area (Å²) in [6, 6.07) is 16.4. The molecule has 0 aliphatic carbocycles. The second kappa shape index (κ2) is 7.94. The molecule has 0 amide bonds. The molecule has 5 heteroatoms. The first-order chi connectivity index (χ1) is 10.2. The Kier molecular flexibility index (Phi) is 5.94. The third kappa shape index (κ3) is 4.98. The molecule has 2 aromatic rings. The lowest BCUT2D eigenvalue weighted by atomic mass is 10.2. The van der Waals surface area contributed by atoms with Crippen LogP contribution >= 0.6 is 23.4 Å². The van der Waals surface area contributed by atoms with Crippen molar-refractivity contribution >= 4 is 23.4 Å². The molecule has 0 heterocycles. The minimum atomic E-state index is -0.595. The van der Waals surface area contributed by atoms with Gasteiger partial charge < -0.3 is 9.84 Å². The van der Waals surface area contributed by atoms with Crippen LogP contribution in [0.1, 0.15) is 5.56 Å². The van der Waals surface area contributed by atoms with Gasteiger partial charge in [0.05, 0.1) is 22.8 Å². The molecule has 0 radical (unpaired) electrons. The molecule has 0 aromatic heterocycles. The Hall–Kier alpha value is -1.67. The van der Waals surface area contributed by atoms with E-state index in [9.17, 15) is 5.11 Å². The number of halogens is 1. The maximum absolute atomic E-state index is 9.92. The number of nitrogens with zero attached hydrogens (tertiary/aromatic N) is 1. The van der Waals surface area contributed by atoms with Gasteiger partial charge >= 0.3 is 0 Å². The van der Waals surface area contributed by atoms with Gasteiger partial charge in [0, 0.05) is 10.6 Å². The molecule has 0 fully saturated rings. The van der Waals surface area contributed by atoms with Crippen molar-refractivity contribution in [1.29, 1.82) is 5.26 Å². The van der Waals surface area contributed by atoms with Gasteiger partial charge in [-0.15, -0.1) is 11.8 Å². The molecule has 1 N–H and O–H groups in total. The first-order valence-corrected chi connectivity index (χ1v) is 7.74. The predicted octanol–water partition coefficient (Wildman–Crippen LogP) is 3.74. The number of ether oxygens (including phenoxy) is 1. The van der Waals surface area contributed by atoms with E-state index in [0.717, 1.165) is 4.90 Å². The Morgan fingerprint density at radius 3 is 2.57 bits per heavy atom. The first-order valence-electron chi connectivity index (χ1n) is 6.37. The molecule has 0 aliphatic rings. The van der Waals surface area contributed by atoms with Gasteiger partial charge in [0.15, 0.2) is 0 Å². The summed E-state index contributed by atoms with van der Waals surface area (Å²) in [5.74, 6) is 1.14. The Labute approximate surface area is 133 Å². The normalized spacial score (nSPS) is 11.7. The van der Waals surface area contributed by atoms with Crippen LogP contribution in [0.25, 0.3) is 0 Å². The molecule has 1 unspecified atom stereocenters. The molecule has 0 bridgehead atoms. The number of thioether (sulfide) groups is 1. The van der Waals surface area contributed by atoms with Crippen LogP contribution in [0.4, 0.5) is 0 Å². The van der Waals surface area contributed by atoms with E-state index in [0.29, 0.717) is 22.1 Å². The second-order valence-electron chi connectivity index (χ2n) is 4.34. The molecule has 1 atom stereocenters. The summed E-state index contributed by atoms with van der Waals surface area (Å²) in [4.78, 5) is 0.941. The van der Waals surface area contributed by atoms with Gasteiger partial charge in [0.1, 0.15) is 12.4 Å². The van der Waals surface area contributed by atoms with Gasteiger partial charge in [-0.25, -0.2) is 0 Å². The Morgan fingerprint density at radius 2 is 1.90 bits per heavy atom. The van der Waals surface area contributed by atoms with Crippen molar-refractivity contribution in [2.75, 3.05) is 12.4 Å². The molecular weight excluding hydrogens is 306 g/mol. The van der Waals surface area contributed by atoms with Gasteiger partial charge in [-0.1, -0.05) is 23.7 Å². The van der Waals surface area contributed by atoms with Crippen molar-refractivity contribution in [3.63, 3.8) is 0 Å². The third-order valence-electron chi connectivity index (χ3n) is 2.69. The summed E-state index contributed by atoms with van der Waals surface area (Å²) in [6.07, 6.45) is -0.595. The first kappa shape index (κ1) is 15.7. The summed E-state index contributed by atoms with van der Waals surface area (Å²) in [7, 11) is 0. The van der Waals surface area contributed by atoms with Crippen LogP contribution in [0.15, 0.2) is 53.4 Å². The van der Waals surface area contributed by atoms with E-state index >= 15 is 0 Å². The summed E-state index contributed by atoms with van der Waals surface area (Å²) >= 11 is 7.54. The molecule has 0 saturated carbocycles. The average Bonchev–Trinajstić information content (AvgIpc) is 2.52. The highest BCUT2D eigenvalue weighted by Crippen LogP contribution is 2.27. The molecule has 0 saturated heterocycles. The van der Waals surface area contributed by atoms with Gasteiger partial charge in [-0.05, 0) is 36.4 Å². The smallest absolute Gasteiger partial charge is 0.119 e. The lowest BCUT2D eigenvalue weighted by Gasteiger charge is -2.12. The highest BCUT2D eigenvalue weighted by Gasteiger charge is 2.08. The minimum absolute atomic E-state index is 0.198. The Bertz CT molecular complexity index is 625. The summed E-state index contributed by atoms with van der Waals surface area (Å²) in [5.41, 5.74) is 0.581. The number of rotatable bonds is 6. The molecule has 0 aliphatic heterocycles. The van der Waals surface area contributed by atoms with Gasteiger partial charge in [-0.2, -0.15) is 5.26 Å². The SMILES string of the molecule is N#Cc1ccc(OCC(O)CSc2ccccc2Cl)cc1. The Morgan fingerprint density at radius 1 is 1.19 bits per heavy atom. The van der Waals surface area contributed by atoms with Gasteiger partial charge in [0.25, 0.3) is 0 Å². The average molecular weight is 320 g/mol. The van der Waals surface area contributed by atoms with Crippen LogP contribution in [-0.2, 0) is 0 Å². The fourth-order valence-electron chi connectivity index (χ4n) is 1.61. The number of nitriles is 1. The molecule has 2 aromatic carbocycles. The van der Waals surface area contributed by atoms with Crippen LogP contribution in [0, 0.1) is 11.3 Å². The second-order valence-corrected chi connectivity index (χ2v) is 5.81. The van der Waals surface area contributed by atoms with E-state index < -0.39 is 6.10 Å². The van der Waals surface area contributed by atoms with Crippen molar-refractivity contribution in [3.05, 3.63) is 59.1 Å². The van der Waals surface area contributed by atoms with E-state index in [2.05, 4.69) is 0 Å². The zero-order valence-electron chi connectivity index (χ0n) is 11.2. The topological polar surface area (TPSA) is 53.2 Å². The van der Waals surface area contributed by atoms with E-state index in [4.69, 9.17) is 21.6 Å². The van der Waals surface area contributed by atoms with Crippen LogP contribution in [0.5, 0.6) is 5.75 Å². The van der Waals surface area contributed by atoms with E-state index in [1.54, 1.807) is 24.3 Å². The van der Waals surface area contributed by atoms with E-state index in [1.165, 1.54) is 11.8 Å². The largest absolute Gasteiger partial charge is 0.491 e. The van der Waals surface area contributed by atoms with Crippen molar-refractivity contribution in [3.8, 4) is 11.8 Å². The predicted molar refractivity (Wildman–Crippen MR) is 84.8 cm³/mol. The maximum atomic E-state index is 9.92. The zero-order chi connectivity index (χ0) is 15.1. The van der Waals surface area contributed by atoms with Crippen molar-refractivity contribution in [1.82, 2.24) is 0 Å². The fraction of sp³-hybridized carbons (Fsp3) is 0.188. The van der Waals surface area contributed by atoms with Crippen molar-refractivity contribution in [2.24, 2.45) is 0 Å². The fourth-order valence-corrected chi connectivity index (χ4v) is 2.76. The Balaban J connectivity index is 1.78. The molecule has 108 valence electrons. The summed E-state index contributed by atoms with van der Waals surface area (Å²) < 4.78 is 5.48. The quantitative estimate of drug-likeness (QED) is 0.824. The highest BCUT2D eigenvalue weighted by molar-refractivity contribution is 7.99. The monoisotopic (exact) mass is 319 g/mol. The van der Waals surface area contributed by atoms with Crippen LogP contribution in [0.3, 0.4) is 0 Å². The maximum Gasteiger partial charge on any atom is 0.119 e. The summed E-state index contributed by atoms with van der Waals surface area (Å²) in [6.45, 7) is 0.198. The summed E-state index contributed by atoms with van der Waals surface area (Å²) in [5, 5.41) is 19.3. The number of hydrogen-bond donors (Lipinski definition) is 1. The van der Waals surface area contributed by atoms with E-state index in [1.807, 2.05) is 30.3 Å². The molecular formula is C16H14ClNO2S. The lowest BCUT2D eigenvalue weighted by Crippen LogP contribution is -2.20. The number of benzene rings is 2.